The summed E-state index contributed by atoms with van der Waals surface area (Å²) in [5, 5.41) is 0. The van der Waals surface area contributed by atoms with Gasteiger partial charge in [-0.15, -0.1) is 0 Å². The molecule has 0 fully saturated rings. The van der Waals surface area contributed by atoms with Crippen molar-refractivity contribution >= 4 is 15.9 Å². The Morgan fingerprint density at radius 2 is 2.06 bits per heavy atom. The molecule has 1 N–H and O–H groups in total. The van der Waals surface area contributed by atoms with Crippen molar-refractivity contribution in [3.63, 3.8) is 0 Å². The molecule has 1 unspecified atom stereocenters. The monoisotopic (exact) mass is 302 g/mol. The van der Waals surface area contributed by atoms with Gasteiger partial charge in [0.25, 0.3) is 5.56 Å². The summed E-state index contributed by atoms with van der Waals surface area (Å²) in [6.07, 6.45) is 0.997. The standard InChI is InChI=1S/C12H19BrN2O2/c1-7(2)5-8(3)11-14-9(6-17-4)10(13)12(16)15-11/h7-8H,5-6H2,1-4H3,(H,14,15,16). The van der Waals surface area contributed by atoms with Crippen LogP contribution in [0.5, 0.6) is 0 Å². The number of rotatable bonds is 5. The van der Waals surface area contributed by atoms with Crippen molar-refractivity contribution in [1.29, 1.82) is 0 Å². The van der Waals surface area contributed by atoms with Crippen LogP contribution in [0.3, 0.4) is 0 Å². The van der Waals surface area contributed by atoms with Crippen LogP contribution in [0.15, 0.2) is 9.27 Å². The van der Waals surface area contributed by atoms with E-state index in [4.69, 9.17) is 4.74 Å². The van der Waals surface area contributed by atoms with E-state index in [0.29, 0.717) is 22.7 Å². The predicted octanol–water partition coefficient (Wildman–Crippen LogP) is 2.83. The molecule has 0 bridgehead atoms. The molecule has 5 heteroatoms. The van der Waals surface area contributed by atoms with Gasteiger partial charge in [-0.3, -0.25) is 4.79 Å². The molecule has 96 valence electrons. The third-order valence-electron chi connectivity index (χ3n) is 2.52. The van der Waals surface area contributed by atoms with Gasteiger partial charge in [-0.2, -0.15) is 0 Å². The Morgan fingerprint density at radius 3 is 2.59 bits per heavy atom. The first-order valence-corrected chi connectivity index (χ1v) is 6.52. The zero-order valence-corrected chi connectivity index (χ0v) is 12.3. The predicted molar refractivity (Wildman–Crippen MR) is 71.1 cm³/mol. The molecular weight excluding hydrogens is 284 g/mol. The molecule has 0 saturated heterocycles. The Labute approximate surface area is 110 Å². The second-order valence-corrected chi connectivity index (χ2v) is 5.47. The van der Waals surface area contributed by atoms with Gasteiger partial charge in [0.2, 0.25) is 0 Å². The number of H-pyrrole nitrogens is 1. The summed E-state index contributed by atoms with van der Waals surface area (Å²) < 4.78 is 5.49. The number of methoxy groups -OCH3 is 1. The largest absolute Gasteiger partial charge is 0.378 e. The van der Waals surface area contributed by atoms with Gasteiger partial charge < -0.3 is 9.72 Å². The molecule has 1 aromatic rings. The fourth-order valence-corrected chi connectivity index (χ4v) is 2.11. The second kappa shape index (κ2) is 6.31. The zero-order chi connectivity index (χ0) is 13.0. The van der Waals surface area contributed by atoms with Crippen LogP contribution in [0.1, 0.15) is 44.6 Å². The normalized spacial score (nSPS) is 13.1. The van der Waals surface area contributed by atoms with Crippen LogP contribution < -0.4 is 5.56 Å². The van der Waals surface area contributed by atoms with Crippen LogP contribution in [0, 0.1) is 5.92 Å². The first-order chi connectivity index (χ1) is 7.95. The van der Waals surface area contributed by atoms with Gasteiger partial charge in [0.1, 0.15) is 10.3 Å². The van der Waals surface area contributed by atoms with E-state index >= 15 is 0 Å². The number of halogens is 1. The maximum atomic E-state index is 11.7. The number of nitrogens with zero attached hydrogens (tertiary/aromatic N) is 1. The summed E-state index contributed by atoms with van der Waals surface area (Å²) in [7, 11) is 1.59. The molecule has 1 atom stereocenters. The molecule has 1 aromatic heterocycles. The summed E-state index contributed by atoms with van der Waals surface area (Å²) in [4.78, 5) is 19.0. The van der Waals surface area contributed by atoms with Crippen molar-refractivity contribution in [2.75, 3.05) is 7.11 Å². The Hall–Kier alpha value is -0.680. The number of aromatic nitrogens is 2. The molecule has 0 aliphatic rings. The van der Waals surface area contributed by atoms with Crippen LogP contribution in [0.25, 0.3) is 0 Å². The van der Waals surface area contributed by atoms with Crippen LogP contribution in [0.2, 0.25) is 0 Å². The molecule has 1 rings (SSSR count). The van der Waals surface area contributed by atoms with E-state index < -0.39 is 0 Å². The van der Waals surface area contributed by atoms with E-state index in [0.717, 1.165) is 12.2 Å². The lowest BCUT2D eigenvalue weighted by Crippen LogP contribution is -2.18. The van der Waals surface area contributed by atoms with Crippen molar-refractivity contribution in [2.24, 2.45) is 5.92 Å². The van der Waals surface area contributed by atoms with Crippen LogP contribution in [-0.4, -0.2) is 17.1 Å². The average Bonchev–Trinajstić information content (AvgIpc) is 2.23. The van der Waals surface area contributed by atoms with E-state index in [1.54, 1.807) is 7.11 Å². The smallest absolute Gasteiger partial charge is 0.265 e. The van der Waals surface area contributed by atoms with Gasteiger partial charge in [-0.05, 0) is 28.3 Å². The molecule has 1 heterocycles. The highest BCUT2D eigenvalue weighted by atomic mass is 79.9. The quantitative estimate of drug-likeness (QED) is 0.910. The van der Waals surface area contributed by atoms with Gasteiger partial charge in [0.05, 0.1) is 12.3 Å². The van der Waals surface area contributed by atoms with Gasteiger partial charge in [-0.25, -0.2) is 4.98 Å². The molecule has 0 radical (unpaired) electrons. The Bertz CT molecular complexity index is 429. The van der Waals surface area contributed by atoms with Crippen LogP contribution in [-0.2, 0) is 11.3 Å². The third-order valence-corrected chi connectivity index (χ3v) is 3.34. The number of nitrogens with one attached hydrogen (secondary N) is 1. The topological polar surface area (TPSA) is 55.0 Å². The molecule has 0 aliphatic carbocycles. The Morgan fingerprint density at radius 1 is 1.41 bits per heavy atom. The first-order valence-electron chi connectivity index (χ1n) is 5.73. The summed E-state index contributed by atoms with van der Waals surface area (Å²) >= 11 is 3.23. The lowest BCUT2D eigenvalue weighted by molar-refractivity contribution is 0.180. The highest BCUT2D eigenvalue weighted by Gasteiger charge is 2.14. The highest BCUT2D eigenvalue weighted by Crippen LogP contribution is 2.21. The van der Waals surface area contributed by atoms with Crippen LogP contribution >= 0.6 is 15.9 Å². The third kappa shape index (κ3) is 3.92. The van der Waals surface area contributed by atoms with Crippen molar-refractivity contribution < 1.29 is 4.74 Å². The first kappa shape index (κ1) is 14.4. The highest BCUT2D eigenvalue weighted by molar-refractivity contribution is 9.10. The maximum absolute atomic E-state index is 11.7. The van der Waals surface area contributed by atoms with Gasteiger partial charge in [0.15, 0.2) is 0 Å². The molecular formula is C12H19BrN2O2. The maximum Gasteiger partial charge on any atom is 0.265 e. The van der Waals surface area contributed by atoms with Crippen molar-refractivity contribution in [3.8, 4) is 0 Å². The fourth-order valence-electron chi connectivity index (χ4n) is 1.81. The van der Waals surface area contributed by atoms with E-state index in [-0.39, 0.29) is 11.5 Å². The van der Waals surface area contributed by atoms with Crippen LogP contribution in [0.4, 0.5) is 0 Å². The number of aromatic amines is 1. The molecule has 0 aliphatic heterocycles. The zero-order valence-electron chi connectivity index (χ0n) is 10.7. The van der Waals surface area contributed by atoms with Gasteiger partial charge in [0, 0.05) is 13.0 Å². The van der Waals surface area contributed by atoms with E-state index in [9.17, 15) is 4.79 Å². The van der Waals surface area contributed by atoms with Crippen molar-refractivity contribution in [1.82, 2.24) is 9.97 Å². The SMILES string of the molecule is COCc1nc(C(C)CC(C)C)[nH]c(=O)c1Br. The van der Waals surface area contributed by atoms with E-state index in [2.05, 4.69) is 46.7 Å². The Balaban J connectivity index is 3.05. The summed E-state index contributed by atoms with van der Waals surface area (Å²) in [5.41, 5.74) is 0.513. The number of hydrogen-bond acceptors (Lipinski definition) is 3. The fraction of sp³-hybridized carbons (Fsp3) is 0.667. The minimum absolute atomic E-state index is 0.141. The molecule has 4 nitrogen and oxygen atoms in total. The minimum Gasteiger partial charge on any atom is -0.378 e. The molecule has 17 heavy (non-hydrogen) atoms. The molecule has 0 amide bonds. The minimum atomic E-state index is -0.141. The molecule has 0 saturated carbocycles. The second-order valence-electron chi connectivity index (χ2n) is 4.68. The summed E-state index contributed by atoms with van der Waals surface area (Å²) in [5.74, 6) is 1.55. The van der Waals surface area contributed by atoms with E-state index in [1.165, 1.54) is 0 Å². The lowest BCUT2D eigenvalue weighted by atomic mass is 9.98. The lowest BCUT2D eigenvalue weighted by Gasteiger charge is -2.14. The number of hydrogen-bond donors (Lipinski definition) is 1. The van der Waals surface area contributed by atoms with E-state index in [1.807, 2.05) is 0 Å². The number of ether oxygens (including phenoxy) is 1. The van der Waals surface area contributed by atoms with Gasteiger partial charge >= 0.3 is 0 Å². The molecule has 0 spiro atoms. The van der Waals surface area contributed by atoms with Crippen molar-refractivity contribution in [2.45, 2.75) is 39.7 Å². The summed E-state index contributed by atoms with van der Waals surface area (Å²) in [6, 6.07) is 0. The average molecular weight is 303 g/mol. The Kier molecular flexibility index (Phi) is 5.33. The van der Waals surface area contributed by atoms with Gasteiger partial charge in [-0.1, -0.05) is 20.8 Å². The summed E-state index contributed by atoms with van der Waals surface area (Å²) in [6.45, 7) is 6.72. The van der Waals surface area contributed by atoms with Crippen molar-refractivity contribution in [3.05, 3.63) is 26.3 Å². The molecule has 0 aromatic carbocycles.